The molecule has 2 rings (SSSR count). The molecule has 0 unspecified atom stereocenters. The minimum atomic E-state index is -3.28. The van der Waals surface area contributed by atoms with E-state index in [9.17, 15) is 13.5 Å². The SMILES string of the molecule is CCNC(=NCc1cccc(CS(=O)(=O)NC)c1)NC1CCC(O)CC1.I. The number of hydrogen-bond acceptors (Lipinski definition) is 4. The highest BCUT2D eigenvalue weighted by Crippen LogP contribution is 2.18. The van der Waals surface area contributed by atoms with Crippen LogP contribution in [0.4, 0.5) is 0 Å². The molecule has 154 valence electrons. The van der Waals surface area contributed by atoms with Crippen molar-refractivity contribution < 1.29 is 13.5 Å². The molecule has 1 saturated carbocycles. The maximum atomic E-state index is 11.7. The van der Waals surface area contributed by atoms with E-state index in [1.165, 1.54) is 7.05 Å². The monoisotopic (exact) mass is 510 g/mol. The lowest BCUT2D eigenvalue weighted by molar-refractivity contribution is 0.120. The number of sulfonamides is 1. The molecule has 1 aromatic rings. The number of hydrogen-bond donors (Lipinski definition) is 4. The topological polar surface area (TPSA) is 103 Å². The van der Waals surface area contributed by atoms with Crippen LogP contribution in [-0.4, -0.2) is 45.2 Å². The van der Waals surface area contributed by atoms with Crippen molar-refractivity contribution in [2.75, 3.05) is 13.6 Å². The first kappa shape index (κ1) is 24.1. The second kappa shape index (κ2) is 11.8. The van der Waals surface area contributed by atoms with E-state index >= 15 is 0 Å². The minimum Gasteiger partial charge on any atom is -0.393 e. The molecule has 0 bridgehead atoms. The molecule has 0 aliphatic heterocycles. The van der Waals surface area contributed by atoms with Gasteiger partial charge in [-0.3, -0.25) is 0 Å². The van der Waals surface area contributed by atoms with Gasteiger partial charge in [0.25, 0.3) is 0 Å². The first-order chi connectivity index (χ1) is 12.4. The first-order valence-corrected chi connectivity index (χ1v) is 10.8. The average molecular weight is 510 g/mol. The van der Waals surface area contributed by atoms with Gasteiger partial charge in [0.2, 0.25) is 10.0 Å². The van der Waals surface area contributed by atoms with E-state index in [1.807, 2.05) is 25.1 Å². The molecule has 1 aliphatic rings. The lowest BCUT2D eigenvalue weighted by Crippen LogP contribution is -2.45. The molecule has 1 fully saturated rings. The Morgan fingerprint density at radius 2 is 1.89 bits per heavy atom. The predicted molar refractivity (Wildman–Crippen MR) is 120 cm³/mol. The van der Waals surface area contributed by atoms with Crippen LogP contribution in [0.5, 0.6) is 0 Å². The van der Waals surface area contributed by atoms with Crippen LogP contribution in [0, 0.1) is 0 Å². The van der Waals surface area contributed by atoms with Gasteiger partial charge in [-0.15, -0.1) is 24.0 Å². The molecule has 0 atom stereocenters. The highest BCUT2D eigenvalue weighted by molar-refractivity contribution is 14.0. The third-order valence-electron chi connectivity index (χ3n) is 4.46. The largest absolute Gasteiger partial charge is 0.393 e. The fourth-order valence-corrected chi connectivity index (χ4v) is 3.78. The lowest BCUT2D eigenvalue weighted by Gasteiger charge is -2.27. The Labute approximate surface area is 179 Å². The Morgan fingerprint density at radius 3 is 2.52 bits per heavy atom. The van der Waals surface area contributed by atoms with Gasteiger partial charge < -0.3 is 15.7 Å². The zero-order valence-corrected chi connectivity index (χ0v) is 19.1. The van der Waals surface area contributed by atoms with E-state index in [1.54, 1.807) is 6.07 Å². The second-order valence-electron chi connectivity index (χ2n) is 6.63. The van der Waals surface area contributed by atoms with Gasteiger partial charge >= 0.3 is 0 Å². The molecule has 0 radical (unpaired) electrons. The van der Waals surface area contributed by atoms with Crippen LogP contribution in [-0.2, 0) is 22.3 Å². The third-order valence-corrected chi connectivity index (χ3v) is 5.80. The summed E-state index contributed by atoms with van der Waals surface area (Å²) in [4.78, 5) is 4.62. The highest BCUT2D eigenvalue weighted by atomic mass is 127. The van der Waals surface area contributed by atoms with Crippen LogP contribution in [0.25, 0.3) is 0 Å². The van der Waals surface area contributed by atoms with Gasteiger partial charge in [0.15, 0.2) is 5.96 Å². The third kappa shape index (κ3) is 8.75. The normalized spacial score (nSPS) is 20.6. The molecule has 1 aromatic carbocycles. The fourth-order valence-electron chi connectivity index (χ4n) is 3.01. The molecular weight excluding hydrogens is 479 g/mol. The summed E-state index contributed by atoms with van der Waals surface area (Å²) in [7, 11) is -1.87. The first-order valence-electron chi connectivity index (χ1n) is 9.13. The summed E-state index contributed by atoms with van der Waals surface area (Å²) in [5.41, 5.74) is 1.70. The maximum absolute atomic E-state index is 11.7. The molecule has 0 saturated heterocycles. The van der Waals surface area contributed by atoms with E-state index < -0.39 is 10.0 Å². The molecular formula is C18H31IN4O3S. The van der Waals surface area contributed by atoms with Crippen LogP contribution in [0.3, 0.4) is 0 Å². The van der Waals surface area contributed by atoms with Gasteiger partial charge in [0.1, 0.15) is 0 Å². The fraction of sp³-hybridized carbons (Fsp3) is 0.611. The molecule has 0 spiro atoms. The van der Waals surface area contributed by atoms with Crippen LogP contribution in [0.15, 0.2) is 29.3 Å². The summed E-state index contributed by atoms with van der Waals surface area (Å²) in [5, 5.41) is 16.3. The van der Waals surface area contributed by atoms with Crippen molar-refractivity contribution in [2.24, 2.45) is 4.99 Å². The molecule has 1 aliphatic carbocycles. The van der Waals surface area contributed by atoms with Gasteiger partial charge in [-0.1, -0.05) is 24.3 Å². The Hall–Kier alpha value is -0.910. The summed E-state index contributed by atoms with van der Waals surface area (Å²) in [5.74, 6) is 0.714. The molecule has 0 heterocycles. The number of nitrogens with one attached hydrogen (secondary N) is 3. The van der Waals surface area contributed by atoms with E-state index in [-0.39, 0.29) is 35.8 Å². The Bertz CT molecular complexity index is 704. The number of benzene rings is 1. The quantitative estimate of drug-likeness (QED) is 0.254. The molecule has 9 heteroatoms. The molecule has 7 nitrogen and oxygen atoms in total. The molecule has 0 amide bonds. The number of aliphatic imine (C=N–C) groups is 1. The smallest absolute Gasteiger partial charge is 0.215 e. The van der Waals surface area contributed by atoms with Crippen molar-refractivity contribution in [2.45, 2.75) is 57.1 Å². The van der Waals surface area contributed by atoms with Crippen LogP contribution in [0.1, 0.15) is 43.7 Å². The number of rotatable bonds is 7. The van der Waals surface area contributed by atoms with Crippen molar-refractivity contribution in [3.05, 3.63) is 35.4 Å². The van der Waals surface area contributed by atoms with E-state index in [4.69, 9.17) is 0 Å². The highest BCUT2D eigenvalue weighted by Gasteiger charge is 2.19. The second-order valence-corrected chi connectivity index (χ2v) is 8.55. The van der Waals surface area contributed by atoms with Crippen LogP contribution in [0.2, 0.25) is 0 Å². The van der Waals surface area contributed by atoms with Crippen molar-refractivity contribution in [3.8, 4) is 0 Å². The standard InChI is InChI=1S/C18H30N4O3S.HI/c1-3-20-18(22-16-7-9-17(23)10-8-16)21-12-14-5-4-6-15(11-14)13-26(24,25)19-2;/h4-6,11,16-17,19,23H,3,7-10,12-13H2,1-2H3,(H2,20,21,22);1H. The van der Waals surface area contributed by atoms with Crippen molar-refractivity contribution in [1.82, 2.24) is 15.4 Å². The van der Waals surface area contributed by atoms with E-state index in [0.717, 1.165) is 49.3 Å². The zero-order valence-electron chi connectivity index (χ0n) is 15.9. The van der Waals surface area contributed by atoms with Gasteiger partial charge in [0, 0.05) is 12.6 Å². The van der Waals surface area contributed by atoms with E-state index in [0.29, 0.717) is 12.6 Å². The maximum Gasteiger partial charge on any atom is 0.215 e. The van der Waals surface area contributed by atoms with Crippen LogP contribution < -0.4 is 15.4 Å². The number of guanidine groups is 1. The van der Waals surface area contributed by atoms with Crippen molar-refractivity contribution in [1.29, 1.82) is 0 Å². The summed E-state index contributed by atoms with van der Waals surface area (Å²) in [6.07, 6.45) is 3.33. The summed E-state index contributed by atoms with van der Waals surface area (Å²) >= 11 is 0. The van der Waals surface area contributed by atoms with Gasteiger partial charge in [-0.2, -0.15) is 0 Å². The number of aliphatic hydroxyl groups is 1. The predicted octanol–water partition coefficient (Wildman–Crippen LogP) is 1.71. The zero-order chi connectivity index (χ0) is 19.0. The van der Waals surface area contributed by atoms with Crippen LogP contribution >= 0.6 is 24.0 Å². The summed E-state index contributed by atoms with van der Waals surface area (Å²) in [6, 6.07) is 7.80. The molecule has 4 N–H and O–H groups in total. The van der Waals surface area contributed by atoms with Gasteiger partial charge in [0.05, 0.1) is 18.4 Å². The van der Waals surface area contributed by atoms with E-state index in [2.05, 4.69) is 20.3 Å². The Balaban J connectivity index is 0.00000364. The Kier molecular flexibility index (Phi) is 10.6. The lowest BCUT2D eigenvalue weighted by atomic mass is 9.93. The van der Waals surface area contributed by atoms with Crippen molar-refractivity contribution in [3.63, 3.8) is 0 Å². The van der Waals surface area contributed by atoms with Gasteiger partial charge in [-0.25, -0.2) is 18.1 Å². The number of aliphatic hydroxyl groups excluding tert-OH is 1. The molecule has 0 aromatic heterocycles. The average Bonchev–Trinajstić information content (AvgIpc) is 2.62. The number of nitrogens with zero attached hydrogens (tertiary/aromatic N) is 1. The molecule has 27 heavy (non-hydrogen) atoms. The summed E-state index contributed by atoms with van der Waals surface area (Å²) in [6.45, 7) is 3.25. The van der Waals surface area contributed by atoms with Gasteiger partial charge in [-0.05, 0) is 50.8 Å². The number of halogens is 1. The summed E-state index contributed by atoms with van der Waals surface area (Å²) < 4.78 is 25.7. The minimum absolute atomic E-state index is 0. The van der Waals surface area contributed by atoms with Crippen molar-refractivity contribution >= 4 is 40.0 Å². The Morgan fingerprint density at radius 1 is 1.22 bits per heavy atom.